The van der Waals surface area contributed by atoms with Crippen LogP contribution in [-0.4, -0.2) is 40.4 Å². The van der Waals surface area contributed by atoms with Crippen LogP contribution in [0.15, 0.2) is 30.3 Å². The fraction of sp³-hybridized carbons (Fsp3) is 0.471. The molecule has 0 bridgehead atoms. The Hall–Kier alpha value is -1.65. The summed E-state index contributed by atoms with van der Waals surface area (Å²) in [7, 11) is 0. The van der Waals surface area contributed by atoms with Crippen LogP contribution in [0.2, 0.25) is 0 Å². The van der Waals surface area contributed by atoms with E-state index in [1.165, 1.54) is 16.9 Å². The summed E-state index contributed by atoms with van der Waals surface area (Å²) in [6, 6.07) is 11.3. The minimum Gasteiger partial charge on any atom is -0.312 e. The molecule has 112 valence electrons. The number of hydrogen-bond donors (Lipinski definition) is 1. The predicted molar refractivity (Wildman–Crippen MR) is 85.8 cm³/mol. The van der Waals surface area contributed by atoms with Crippen LogP contribution in [0.3, 0.4) is 0 Å². The van der Waals surface area contributed by atoms with Crippen molar-refractivity contribution in [1.82, 2.24) is 20.0 Å². The highest BCUT2D eigenvalue weighted by molar-refractivity contribution is 5.41. The van der Waals surface area contributed by atoms with Gasteiger partial charge in [0.2, 0.25) is 0 Å². The molecule has 0 radical (unpaired) electrons. The predicted octanol–water partition coefficient (Wildman–Crippen LogP) is 2.28. The minimum absolute atomic E-state index is 0.569. The van der Waals surface area contributed by atoms with Crippen molar-refractivity contribution in [3.8, 4) is 5.69 Å². The Bertz CT molecular complexity index is 617. The molecule has 1 aliphatic heterocycles. The molecular weight excluding hydrogens is 260 g/mol. The Labute approximate surface area is 126 Å². The molecule has 1 aromatic carbocycles. The summed E-state index contributed by atoms with van der Waals surface area (Å²) in [6.07, 6.45) is 0. The maximum absolute atomic E-state index is 4.63. The third-order valence-electron chi connectivity index (χ3n) is 4.08. The molecule has 4 nitrogen and oxygen atoms in total. The molecule has 1 saturated heterocycles. The van der Waals surface area contributed by atoms with Crippen LogP contribution >= 0.6 is 0 Å². The Balaban J connectivity index is 1.87. The van der Waals surface area contributed by atoms with E-state index in [1.54, 1.807) is 0 Å². The van der Waals surface area contributed by atoms with Gasteiger partial charge in [0, 0.05) is 37.9 Å². The Morgan fingerprint density at radius 1 is 1.29 bits per heavy atom. The molecule has 2 aromatic rings. The van der Waals surface area contributed by atoms with Gasteiger partial charge in [-0.25, -0.2) is 4.68 Å². The maximum atomic E-state index is 4.63. The zero-order valence-electron chi connectivity index (χ0n) is 13.1. The largest absolute Gasteiger partial charge is 0.312 e. The van der Waals surface area contributed by atoms with Gasteiger partial charge >= 0.3 is 0 Å². The summed E-state index contributed by atoms with van der Waals surface area (Å²) in [6.45, 7) is 10.7. The van der Waals surface area contributed by atoms with E-state index in [0.29, 0.717) is 6.04 Å². The molecule has 0 amide bonds. The topological polar surface area (TPSA) is 33.1 Å². The smallest absolute Gasteiger partial charge is 0.0693 e. The maximum Gasteiger partial charge on any atom is 0.0693 e. The Morgan fingerprint density at radius 2 is 2.10 bits per heavy atom. The summed E-state index contributed by atoms with van der Waals surface area (Å²) in [5.41, 5.74) is 4.80. The molecule has 1 fully saturated rings. The minimum atomic E-state index is 0.569. The van der Waals surface area contributed by atoms with Crippen molar-refractivity contribution in [1.29, 1.82) is 0 Å². The van der Waals surface area contributed by atoms with Gasteiger partial charge < -0.3 is 5.32 Å². The van der Waals surface area contributed by atoms with Gasteiger partial charge in [-0.15, -0.1) is 0 Å². The summed E-state index contributed by atoms with van der Waals surface area (Å²) >= 11 is 0. The molecule has 0 spiro atoms. The number of piperazine rings is 1. The van der Waals surface area contributed by atoms with Crippen molar-refractivity contribution in [2.45, 2.75) is 33.4 Å². The van der Waals surface area contributed by atoms with Gasteiger partial charge in [-0.05, 0) is 38.5 Å². The average molecular weight is 284 g/mol. The second-order valence-corrected chi connectivity index (χ2v) is 6.06. The first kappa shape index (κ1) is 14.3. The van der Waals surface area contributed by atoms with Crippen molar-refractivity contribution in [2.24, 2.45) is 0 Å². The first-order chi connectivity index (χ1) is 10.1. The van der Waals surface area contributed by atoms with Crippen LogP contribution in [0.5, 0.6) is 0 Å². The first-order valence-electron chi connectivity index (χ1n) is 7.71. The number of nitrogens with one attached hydrogen (secondary N) is 1. The van der Waals surface area contributed by atoms with E-state index in [9.17, 15) is 0 Å². The monoisotopic (exact) mass is 284 g/mol. The van der Waals surface area contributed by atoms with Crippen LogP contribution in [-0.2, 0) is 6.54 Å². The van der Waals surface area contributed by atoms with E-state index >= 15 is 0 Å². The van der Waals surface area contributed by atoms with E-state index in [0.717, 1.165) is 31.9 Å². The Kier molecular flexibility index (Phi) is 4.08. The summed E-state index contributed by atoms with van der Waals surface area (Å²) < 4.78 is 2.07. The van der Waals surface area contributed by atoms with Gasteiger partial charge in [0.25, 0.3) is 0 Å². The molecule has 2 heterocycles. The zero-order valence-corrected chi connectivity index (χ0v) is 13.1. The SMILES string of the molecule is Cc1cc(C)n(-c2ccccc2CN2CCN[C@H](C)C2)n1. The lowest BCUT2D eigenvalue weighted by molar-refractivity contribution is 0.199. The Morgan fingerprint density at radius 3 is 2.81 bits per heavy atom. The molecule has 1 N–H and O–H groups in total. The molecule has 1 aromatic heterocycles. The van der Waals surface area contributed by atoms with Gasteiger partial charge in [-0.2, -0.15) is 5.10 Å². The third-order valence-corrected chi connectivity index (χ3v) is 4.08. The van der Waals surface area contributed by atoms with E-state index in [-0.39, 0.29) is 0 Å². The normalized spacial score (nSPS) is 19.9. The molecule has 3 rings (SSSR count). The van der Waals surface area contributed by atoms with Crippen molar-refractivity contribution >= 4 is 0 Å². The molecule has 0 aliphatic carbocycles. The third kappa shape index (κ3) is 3.17. The highest BCUT2D eigenvalue weighted by atomic mass is 15.3. The molecular formula is C17H24N4. The lowest BCUT2D eigenvalue weighted by Gasteiger charge is -2.32. The first-order valence-corrected chi connectivity index (χ1v) is 7.71. The van der Waals surface area contributed by atoms with Crippen LogP contribution in [0.25, 0.3) is 5.69 Å². The highest BCUT2D eigenvalue weighted by Gasteiger charge is 2.17. The zero-order chi connectivity index (χ0) is 14.8. The standard InChI is InChI=1S/C17H24N4/c1-13-10-15(3)21(19-13)17-7-5-4-6-16(17)12-20-9-8-18-14(2)11-20/h4-7,10,14,18H,8-9,11-12H2,1-3H3/t14-/m1/s1. The van der Waals surface area contributed by atoms with Gasteiger partial charge in [-0.3, -0.25) is 4.90 Å². The van der Waals surface area contributed by atoms with Crippen molar-refractivity contribution < 1.29 is 0 Å². The van der Waals surface area contributed by atoms with E-state index in [2.05, 4.69) is 64.2 Å². The van der Waals surface area contributed by atoms with E-state index in [4.69, 9.17) is 0 Å². The summed E-state index contributed by atoms with van der Waals surface area (Å²) in [5, 5.41) is 8.13. The lowest BCUT2D eigenvalue weighted by Crippen LogP contribution is -2.48. The van der Waals surface area contributed by atoms with Crippen molar-refractivity contribution in [3.05, 3.63) is 47.3 Å². The fourth-order valence-electron chi connectivity index (χ4n) is 3.12. The molecule has 1 atom stereocenters. The van der Waals surface area contributed by atoms with Crippen LogP contribution in [0, 0.1) is 13.8 Å². The lowest BCUT2D eigenvalue weighted by atomic mass is 10.1. The molecule has 1 aliphatic rings. The average Bonchev–Trinajstić information content (AvgIpc) is 2.78. The number of hydrogen-bond acceptors (Lipinski definition) is 3. The molecule has 21 heavy (non-hydrogen) atoms. The molecule has 4 heteroatoms. The van der Waals surface area contributed by atoms with Gasteiger partial charge in [-0.1, -0.05) is 18.2 Å². The summed E-state index contributed by atoms with van der Waals surface area (Å²) in [5.74, 6) is 0. The van der Waals surface area contributed by atoms with Gasteiger partial charge in [0.05, 0.1) is 11.4 Å². The molecule has 0 unspecified atom stereocenters. The van der Waals surface area contributed by atoms with Crippen molar-refractivity contribution in [2.75, 3.05) is 19.6 Å². The molecule has 0 saturated carbocycles. The van der Waals surface area contributed by atoms with Gasteiger partial charge in [0.15, 0.2) is 0 Å². The van der Waals surface area contributed by atoms with Gasteiger partial charge in [0.1, 0.15) is 0 Å². The van der Waals surface area contributed by atoms with Crippen LogP contribution in [0.4, 0.5) is 0 Å². The number of aromatic nitrogens is 2. The summed E-state index contributed by atoms with van der Waals surface area (Å²) in [4.78, 5) is 2.52. The van der Waals surface area contributed by atoms with Crippen LogP contribution < -0.4 is 5.32 Å². The number of benzene rings is 1. The van der Waals surface area contributed by atoms with Crippen LogP contribution in [0.1, 0.15) is 23.9 Å². The number of para-hydroxylation sites is 1. The fourth-order valence-corrected chi connectivity index (χ4v) is 3.12. The second kappa shape index (κ2) is 6.00. The number of rotatable bonds is 3. The van der Waals surface area contributed by atoms with E-state index in [1.807, 2.05) is 6.92 Å². The number of aryl methyl sites for hydroxylation is 2. The van der Waals surface area contributed by atoms with E-state index < -0.39 is 0 Å². The second-order valence-electron chi connectivity index (χ2n) is 6.06. The quantitative estimate of drug-likeness (QED) is 0.939. The highest BCUT2D eigenvalue weighted by Crippen LogP contribution is 2.19. The number of nitrogens with zero attached hydrogens (tertiary/aromatic N) is 3. The van der Waals surface area contributed by atoms with Crippen molar-refractivity contribution in [3.63, 3.8) is 0 Å².